The highest BCUT2D eigenvalue weighted by Gasteiger charge is 2.37. The van der Waals surface area contributed by atoms with E-state index >= 15 is 0 Å². The first-order chi connectivity index (χ1) is 15.2. The Kier molecular flexibility index (Phi) is 6.96. The second kappa shape index (κ2) is 10.0. The summed E-state index contributed by atoms with van der Waals surface area (Å²) in [6, 6.07) is 21.4. The van der Waals surface area contributed by atoms with Crippen LogP contribution in [0.3, 0.4) is 0 Å². The smallest absolute Gasteiger partial charge is 0.319 e. The fourth-order valence-corrected chi connectivity index (χ4v) is 4.40. The lowest BCUT2D eigenvalue weighted by Gasteiger charge is -2.44. The van der Waals surface area contributed by atoms with Crippen LogP contribution < -0.4 is 10.6 Å². The molecule has 2 aromatic carbocycles. The lowest BCUT2D eigenvalue weighted by molar-refractivity contribution is -0.154. The van der Waals surface area contributed by atoms with Crippen molar-refractivity contribution in [3.05, 3.63) is 71.8 Å². The van der Waals surface area contributed by atoms with Crippen LogP contribution in [0.2, 0.25) is 0 Å². The summed E-state index contributed by atoms with van der Waals surface area (Å²) in [6.07, 6.45) is -0.257. The van der Waals surface area contributed by atoms with Gasteiger partial charge >= 0.3 is 5.97 Å². The van der Waals surface area contributed by atoms with E-state index in [0.717, 1.165) is 26.2 Å². The molecule has 1 amide bonds. The van der Waals surface area contributed by atoms with Gasteiger partial charge < -0.3 is 10.1 Å². The quantitative estimate of drug-likeness (QED) is 0.544. The Bertz CT molecular complexity index is 829. The van der Waals surface area contributed by atoms with Gasteiger partial charge in [-0.15, -0.1) is 0 Å². The van der Waals surface area contributed by atoms with Crippen LogP contribution in [-0.2, 0) is 14.3 Å². The largest absolute Gasteiger partial charge is 0.465 e. The average molecular weight is 423 g/mol. The lowest BCUT2D eigenvalue weighted by Crippen LogP contribution is -2.67. The number of rotatable bonds is 6. The first-order valence-corrected chi connectivity index (χ1v) is 11.0. The zero-order valence-corrected chi connectivity index (χ0v) is 17.9. The summed E-state index contributed by atoms with van der Waals surface area (Å²) < 4.78 is 5.00. The van der Waals surface area contributed by atoms with Crippen LogP contribution >= 0.6 is 0 Å². The zero-order valence-electron chi connectivity index (χ0n) is 17.9. The third-order valence-corrected chi connectivity index (χ3v) is 5.99. The van der Waals surface area contributed by atoms with Gasteiger partial charge in [0.05, 0.1) is 12.6 Å². The fraction of sp³-hybridized carbons (Fsp3) is 0.417. The Morgan fingerprint density at radius 2 is 1.58 bits per heavy atom. The molecule has 4 rings (SSSR count). The predicted octanol–water partition coefficient (Wildman–Crippen LogP) is 1.58. The van der Waals surface area contributed by atoms with Crippen molar-refractivity contribution in [2.24, 2.45) is 5.92 Å². The van der Waals surface area contributed by atoms with Crippen LogP contribution in [0, 0.1) is 5.92 Å². The SMILES string of the molecule is CCOC(=O)C1CNC(N2CCN(C(c3ccccc3)c3ccccc3)CC2)NC1=O. The summed E-state index contributed by atoms with van der Waals surface area (Å²) in [7, 11) is 0. The molecule has 31 heavy (non-hydrogen) atoms. The molecule has 164 valence electrons. The molecule has 2 heterocycles. The number of esters is 1. The second-order valence-electron chi connectivity index (χ2n) is 7.92. The Hall–Kier alpha value is -2.74. The number of carbonyl (C=O) groups excluding carboxylic acids is 2. The third-order valence-electron chi connectivity index (χ3n) is 5.99. The summed E-state index contributed by atoms with van der Waals surface area (Å²) in [4.78, 5) is 29.1. The summed E-state index contributed by atoms with van der Waals surface area (Å²) in [5.41, 5.74) is 2.56. The van der Waals surface area contributed by atoms with Crippen LogP contribution in [0.15, 0.2) is 60.7 Å². The van der Waals surface area contributed by atoms with E-state index in [-0.39, 0.29) is 24.8 Å². The molecule has 0 aliphatic carbocycles. The standard InChI is InChI=1S/C24H30N4O3/c1-2-31-23(30)20-17-25-24(26-22(20)29)28-15-13-27(14-16-28)21(18-9-5-3-6-10-18)19-11-7-4-8-12-19/h3-12,20-21,24-25H,2,13-17H2,1H3,(H,26,29). The van der Waals surface area contributed by atoms with Crippen LogP contribution in [0.1, 0.15) is 24.1 Å². The Labute approximate surface area is 183 Å². The Morgan fingerprint density at radius 1 is 1.00 bits per heavy atom. The summed E-state index contributed by atoms with van der Waals surface area (Å²) in [5.74, 6) is -1.52. The number of benzene rings is 2. The van der Waals surface area contributed by atoms with E-state index in [1.54, 1.807) is 6.92 Å². The normalized spacial score (nSPS) is 22.8. The van der Waals surface area contributed by atoms with Crippen molar-refractivity contribution in [3.8, 4) is 0 Å². The molecule has 2 aliphatic heterocycles. The molecule has 2 unspecified atom stereocenters. The molecule has 0 saturated carbocycles. The average Bonchev–Trinajstić information content (AvgIpc) is 2.81. The maximum atomic E-state index is 12.4. The highest BCUT2D eigenvalue weighted by Crippen LogP contribution is 2.29. The van der Waals surface area contributed by atoms with Crippen molar-refractivity contribution in [2.75, 3.05) is 39.3 Å². The molecule has 2 saturated heterocycles. The van der Waals surface area contributed by atoms with E-state index in [0.29, 0.717) is 6.54 Å². The molecule has 2 aliphatic rings. The molecule has 0 bridgehead atoms. The topological polar surface area (TPSA) is 73.9 Å². The van der Waals surface area contributed by atoms with Gasteiger partial charge in [0.15, 0.2) is 0 Å². The van der Waals surface area contributed by atoms with Gasteiger partial charge in [-0.25, -0.2) is 0 Å². The van der Waals surface area contributed by atoms with Crippen molar-refractivity contribution >= 4 is 11.9 Å². The number of hydrogen-bond acceptors (Lipinski definition) is 6. The van der Waals surface area contributed by atoms with Gasteiger partial charge in [0.25, 0.3) is 0 Å². The molecular formula is C24H30N4O3. The Balaban J connectivity index is 1.40. The summed E-state index contributed by atoms with van der Waals surface area (Å²) in [5, 5.41) is 6.23. The van der Waals surface area contributed by atoms with Crippen molar-refractivity contribution < 1.29 is 14.3 Å². The number of piperazine rings is 1. The van der Waals surface area contributed by atoms with Gasteiger partial charge in [-0.05, 0) is 18.1 Å². The molecule has 0 spiro atoms. The van der Waals surface area contributed by atoms with Crippen LogP contribution in [0.5, 0.6) is 0 Å². The van der Waals surface area contributed by atoms with Crippen LogP contribution in [0.25, 0.3) is 0 Å². The maximum Gasteiger partial charge on any atom is 0.319 e. The summed E-state index contributed by atoms with van der Waals surface area (Å²) in [6.45, 7) is 5.71. The molecule has 2 fully saturated rings. The number of nitrogens with one attached hydrogen (secondary N) is 2. The lowest BCUT2D eigenvalue weighted by atomic mass is 9.96. The second-order valence-corrected chi connectivity index (χ2v) is 7.92. The van der Waals surface area contributed by atoms with Gasteiger partial charge in [-0.2, -0.15) is 0 Å². The van der Waals surface area contributed by atoms with E-state index in [4.69, 9.17) is 4.74 Å². The van der Waals surface area contributed by atoms with E-state index in [9.17, 15) is 9.59 Å². The molecular weight excluding hydrogens is 392 g/mol. The first-order valence-electron chi connectivity index (χ1n) is 11.0. The van der Waals surface area contributed by atoms with E-state index < -0.39 is 11.9 Å². The number of hydrogen-bond donors (Lipinski definition) is 2. The zero-order chi connectivity index (χ0) is 21.6. The minimum Gasteiger partial charge on any atom is -0.465 e. The van der Waals surface area contributed by atoms with Crippen LogP contribution in [-0.4, -0.2) is 67.3 Å². The fourth-order valence-electron chi connectivity index (χ4n) is 4.40. The molecule has 0 radical (unpaired) electrons. The van der Waals surface area contributed by atoms with Gasteiger partial charge in [0, 0.05) is 32.7 Å². The first kappa shape index (κ1) is 21.5. The van der Waals surface area contributed by atoms with Gasteiger partial charge in [-0.1, -0.05) is 60.7 Å². The molecule has 7 nitrogen and oxygen atoms in total. The number of amides is 1. The van der Waals surface area contributed by atoms with Gasteiger partial charge in [-0.3, -0.25) is 24.7 Å². The predicted molar refractivity (Wildman–Crippen MR) is 118 cm³/mol. The summed E-state index contributed by atoms with van der Waals surface area (Å²) >= 11 is 0. The number of nitrogens with zero attached hydrogens (tertiary/aromatic N) is 2. The Morgan fingerprint density at radius 3 is 2.10 bits per heavy atom. The van der Waals surface area contributed by atoms with E-state index in [1.807, 2.05) is 12.1 Å². The molecule has 2 aromatic rings. The maximum absolute atomic E-state index is 12.4. The van der Waals surface area contributed by atoms with Crippen molar-refractivity contribution in [1.29, 1.82) is 0 Å². The molecule has 0 aromatic heterocycles. The highest BCUT2D eigenvalue weighted by atomic mass is 16.5. The van der Waals surface area contributed by atoms with Crippen molar-refractivity contribution in [3.63, 3.8) is 0 Å². The molecule has 2 N–H and O–H groups in total. The highest BCUT2D eigenvalue weighted by molar-refractivity contribution is 5.98. The number of ether oxygens (including phenoxy) is 1. The minimum absolute atomic E-state index is 0.201. The van der Waals surface area contributed by atoms with Crippen LogP contribution in [0.4, 0.5) is 0 Å². The third kappa shape index (κ3) is 4.95. The van der Waals surface area contributed by atoms with Crippen molar-refractivity contribution in [1.82, 2.24) is 20.4 Å². The van der Waals surface area contributed by atoms with E-state index in [2.05, 4.69) is 69.0 Å². The van der Waals surface area contributed by atoms with Crippen molar-refractivity contribution in [2.45, 2.75) is 19.3 Å². The van der Waals surface area contributed by atoms with Gasteiger partial charge in [0.2, 0.25) is 5.91 Å². The van der Waals surface area contributed by atoms with E-state index in [1.165, 1.54) is 11.1 Å². The minimum atomic E-state index is -0.780. The monoisotopic (exact) mass is 422 g/mol. The number of carbonyl (C=O) groups is 2. The molecule has 2 atom stereocenters. The van der Waals surface area contributed by atoms with Gasteiger partial charge in [0.1, 0.15) is 12.2 Å². The molecule has 7 heteroatoms.